The van der Waals surface area contributed by atoms with E-state index in [-0.39, 0.29) is 5.82 Å². The number of rotatable bonds is 5. The maximum absolute atomic E-state index is 13.9. The van der Waals surface area contributed by atoms with Crippen LogP contribution >= 0.6 is 0 Å². The Morgan fingerprint density at radius 3 is 2.56 bits per heavy atom. The number of hydrogen-bond donors (Lipinski definition) is 1. The molecule has 4 rings (SSSR count). The van der Waals surface area contributed by atoms with Gasteiger partial charge in [-0.1, -0.05) is 12.1 Å². The molecule has 0 saturated carbocycles. The lowest BCUT2D eigenvalue weighted by Crippen LogP contribution is -2.01. The number of halogens is 1. The predicted molar refractivity (Wildman–Crippen MR) is 101 cm³/mol. The summed E-state index contributed by atoms with van der Waals surface area (Å²) in [5.74, 6) is 1.49. The van der Waals surface area contributed by atoms with Gasteiger partial charge in [0.2, 0.25) is 0 Å². The van der Waals surface area contributed by atoms with Gasteiger partial charge in [0.25, 0.3) is 0 Å². The zero-order valence-corrected chi connectivity index (χ0v) is 14.8. The molecule has 0 fully saturated rings. The number of imidazole rings is 1. The van der Waals surface area contributed by atoms with Crippen molar-refractivity contribution in [1.29, 1.82) is 0 Å². The van der Waals surface area contributed by atoms with Crippen molar-refractivity contribution >= 4 is 17.2 Å². The Morgan fingerprint density at radius 2 is 1.78 bits per heavy atom. The highest BCUT2D eigenvalue weighted by Gasteiger charge is 2.11. The highest BCUT2D eigenvalue weighted by molar-refractivity contribution is 5.66. The van der Waals surface area contributed by atoms with Crippen molar-refractivity contribution in [2.24, 2.45) is 0 Å². The molecule has 6 nitrogen and oxygen atoms in total. The number of ether oxygens (including phenoxy) is 2. The summed E-state index contributed by atoms with van der Waals surface area (Å²) >= 11 is 0. The third-order valence-corrected chi connectivity index (χ3v) is 4.18. The number of hydrogen-bond acceptors (Lipinski definition) is 5. The molecular weight excluding hydrogens is 347 g/mol. The van der Waals surface area contributed by atoms with Crippen molar-refractivity contribution in [3.8, 4) is 22.8 Å². The van der Waals surface area contributed by atoms with Crippen LogP contribution in [0.5, 0.6) is 11.5 Å². The van der Waals surface area contributed by atoms with Crippen molar-refractivity contribution in [2.45, 2.75) is 0 Å². The summed E-state index contributed by atoms with van der Waals surface area (Å²) in [6.45, 7) is 0. The van der Waals surface area contributed by atoms with Gasteiger partial charge in [0, 0.05) is 5.56 Å². The van der Waals surface area contributed by atoms with Crippen molar-refractivity contribution in [1.82, 2.24) is 14.6 Å². The van der Waals surface area contributed by atoms with Gasteiger partial charge in [0.15, 0.2) is 23.0 Å². The lowest BCUT2D eigenvalue weighted by Gasteiger charge is -2.10. The molecule has 136 valence electrons. The fraction of sp³-hybridized carbons (Fsp3) is 0.100. The second-order valence-electron chi connectivity index (χ2n) is 5.81. The number of nitrogens with one attached hydrogen (secondary N) is 1. The minimum atomic E-state index is -0.344. The molecule has 2 heterocycles. The zero-order valence-electron chi connectivity index (χ0n) is 14.8. The molecule has 0 aliphatic carbocycles. The van der Waals surface area contributed by atoms with E-state index in [0.717, 1.165) is 11.3 Å². The van der Waals surface area contributed by atoms with Crippen LogP contribution in [0.25, 0.3) is 16.9 Å². The van der Waals surface area contributed by atoms with E-state index in [1.54, 1.807) is 43.1 Å². The van der Waals surface area contributed by atoms with Crippen LogP contribution < -0.4 is 14.8 Å². The molecular formula is C20H17FN4O2. The van der Waals surface area contributed by atoms with E-state index in [9.17, 15) is 4.39 Å². The second kappa shape index (κ2) is 6.95. The topological polar surface area (TPSA) is 60.7 Å². The minimum absolute atomic E-state index is 0.344. The van der Waals surface area contributed by atoms with E-state index in [2.05, 4.69) is 15.4 Å². The number of methoxy groups -OCH3 is 2. The molecule has 0 spiro atoms. The lowest BCUT2D eigenvalue weighted by atomic mass is 10.1. The van der Waals surface area contributed by atoms with Crippen LogP contribution in [-0.2, 0) is 0 Å². The van der Waals surface area contributed by atoms with Crippen LogP contribution in [0.4, 0.5) is 15.9 Å². The summed E-state index contributed by atoms with van der Waals surface area (Å²) in [7, 11) is 3.18. The molecule has 7 heteroatoms. The fourth-order valence-corrected chi connectivity index (χ4v) is 2.81. The zero-order chi connectivity index (χ0) is 18.8. The highest BCUT2D eigenvalue weighted by atomic mass is 19.1. The highest BCUT2D eigenvalue weighted by Crippen LogP contribution is 2.32. The SMILES string of the molecule is COc1ccc(-c2ccc3ncc(Nc4ccccc4F)n3n2)cc1OC. The molecule has 0 atom stereocenters. The quantitative estimate of drug-likeness (QED) is 0.572. The standard InChI is InChI=1S/C20H17FN4O2/c1-26-17-9-7-13(11-18(17)27-2)15-8-10-19-22-12-20(25(19)24-15)23-16-6-4-3-5-14(16)21/h3-12,23H,1-2H3. The first kappa shape index (κ1) is 16.8. The summed E-state index contributed by atoms with van der Waals surface area (Å²) in [5.41, 5.74) is 2.59. The number of para-hydroxylation sites is 1. The molecule has 0 amide bonds. The molecule has 0 bridgehead atoms. The second-order valence-corrected chi connectivity index (χ2v) is 5.81. The monoisotopic (exact) mass is 364 g/mol. The van der Waals surface area contributed by atoms with Crippen LogP contribution in [-0.4, -0.2) is 28.8 Å². The Kier molecular flexibility index (Phi) is 4.33. The normalized spacial score (nSPS) is 10.8. The molecule has 0 radical (unpaired) electrons. The molecule has 4 aromatic rings. The first-order chi connectivity index (χ1) is 13.2. The molecule has 0 aliphatic heterocycles. The average Bonchev–Trinajstić information content (AvgIpc) is 3.11. The smallest absolute Gasteiger partial charge is 0.161 e. The van der Waals surface area contributed by atoms with E-state index in [0.29, 0.717) is 28.7 Å². The number of aromatic nitrogens is 3. The van der Waals surface area contributed by atoms with E-state index >= 15 is 0 Å². The van der Waals surface area contributed by atoms with E-state index in [4.69, 9.17) is 9.47 Å². The predicted octanol–water partition coefficient (Wildman–Crippen LogP) is 4.30. The van der Waals surface area contributed by atoms with Gasteiger partial charge in [-0.2, -0.15) is 9.61 Å². The Bertz CT molecular complexity index is 1110. The van der Waals surface area contributed by atoms with Crippen LogP contribution in [0, 0.1) is 5.82 Å². The molecule has 1 N–H and O–H groups in total. The average molecular weight is 364 g/mol. The van der Waals surface area contributed by atoms with Gasteiger partial charge in [0.05, 0.1) is 31.8 Å². The van der Waals surface area contributed by atoms with Crippen molar-refractivity contribution < 1.29 is 13.9 Å². The molecule has 0 saturated heterocycles. The van der Waals surface area contributed by atoms with E-state index < -0.39 is 0 Å². The lowest BCUT2D eigenvalue weighted by molar-refractivity contribution is 0.355. The minimum Gasteiger partial charge on any atom is -0.493 e. The summed E-state index contributed by atoms with van der Waals surface area (Å²) in [6.07, 6.45) is 1.62. The van der Waals surface area contributed by atoms with Crippen LogP contribution in [0.2, 0.25) is 0 Å². The van der Waals surface area contributed by atoms with Gasteiger partial charge in [-0.15, -0.1) is 0 Å². The van der Waals surface area contributed by atoms with E-state index in [1.165, 1.54) is 6.07 Å². The summed E-state index contributed by atoms with van der Waals surface area (Å²) in [4.78, 5) is 4.31. The fourth-order valence-electron chi connectivity index (χ4n) is 2.81. The van der Waals surface area contributed by atoms with Gasteiger partial charge in [0.1, 0.15) is 5.82 Å². The maximum Gasteiger partial charge on any atom is 0.161 e. The first-order valence-electron chi connectivity index (χ1n) is 8.28. The molecule has 2 aromatic carbocycles. The van der Waals surface area contributed by atoms with Crippen LogP contribution in [0.1, 0.15) is 0 Å². The van der Waals surface area contributed by atoms with Gasteiger partial charge in [-0.3, -0.25) is 0 Å². The Hall–Kier alpha value is -3.61. The van der Waals surface area contributed by atoms with Crippen LogP contribution in [0.15, 0.2) is 60.8 Å². The Morgan fingerprint density at radius 1 is 0.963 bits per heavy atom. The molecule has 0 unspecified atom stereocenters. The van der Waals surface area contributed by atoms with Gasteiger partial charge in [-0.25, -0.2) is 9.37 Å². The number of fused-ring (bicyclic) bond motifs is 1. The number of nitrogens with zero attached hydrogens (tertiary/aromatic N) is 3. The number of anilines is 2. The Balaban J connectivity index is 1.75. The molecule has 2 aromatic heterocycles. The van der Waals surface area contributed by atoms with Gasteiger partial charge < -0.3 is 14.8 Å². The third-order valence-electron chi connectivity index (χ3n) is 4.18. The van der Waals surface area contributed by atoms with Gasteiger partial charge in [-0.05, 0) is 42.5 Å². The number of benzene rings is 2. The van der Waals surface area contributed by atoms with E-state index in [1.807, 2.05) is 30.3 Å². The molecule has 0 aliphatic rings. The largest absolute Gasteiger partial charge is 0.493 e. The maximum atomic E-state index is 13.9. The molecule has 27 heavy (non-hydrogen) atoms. The summed E-state index contributed by atoms with van der Waals surface area (Å²) in [5, 5.41) is 7.67. The van der Waals surface area contributed by atoms with Gasteiger partial charge >= 0.3 is 0 Å². The summed E-state index contributed by atoms with van der Waals surface area (Å²) in [6, 6.07) is 15.8. The van der Waals surface area contributed by atoms with Crippen molar-refractivity contribution in [2.75, 3.05) is 19.5 Å². The van der Waals surface area contributed by atoms with Crippen molar-refractivity contribution in [3.05, 3.63) is 66.6 Å². The first-order valence-corrected chi connectivity index (χ1v) is 8.28. The third kappa shape index (κ3) is 3.15. The Labute approximate surface area is 155 Å². The van der Waals surface area contributed by atoms with Crippen LogP contribution in [0.3, 0.4) is 0 Å². The summed E-state index contributed by atoms with van der Waals surface area (Å²) < 4.78 is 26.2. The van der Waals surface area contributed by atoms with Crippen molar-refractivity contribution in [3.63, 3.8) is 0 Å².